The molecule has 2 heteroatoms. The standard InChI is InChI=1S/C26H38N2/c1-3-5-7-9-21-11-13-23(14-12-21)24-15-17-25(18-16-24)26-27-19-22(20-28-26)10-8-6-4-2/h11-14,19-20,24-25H,3-10,15-18H2,1-2H3. The molecule has 0 unspecified atom stereocenters. The van der Waals surface area contributed by atoms with E-state index in [1.807, 2.05) is 0 Å². The molecule has 3 rings (SSSR count). The fraction of sp³-hybridized carbons (Fsp3) is 0.615. The lowest BCUT2D eigenvalue weighted by atomic mass is 9.78. The van der Waals surface area contributed by atoms with E-state index >= 15 is 0 Å². The zero-order valence-electron chi connectivity index (χ0n) is 18.0. The first-order chi connectivity index (χ1) is 13.8. The van der Waals surface area contributed by atoms with Crippen LogP contribution in [-0.2, 0) is 12.8 Å². The third-order valence-corrected chi connectivity index (χ3v) is 6.41. The van der Waals surface area contributed by atoms with Crippen LogP contribution in [0.4, 0.5) is 0 Å². The molecule has 152 valence electrons. The number of hydrogen-bond donors (Lipinski definition) is 0. The predicted molar refractivity (Wildman–Crippen MR) is 119 cm³/mol. The quantitative estimate of drug-likeness (QED) is 0.403. The van der Waals surface area contributed by atoms with Gasteiger partial charge < -0.3 is 0 Å². The summed E-state index contributed by atoms with van der Waals surface area (Å²) in [6, 6.07) is 9.48. The van der Waals surface area contributed by atoms with E-state index in [0.29, 0.717) is 11.8 Å². The second-order valence-electron chi connectivity index (χ2n) is 8.65. The molecule has 1 aromatic carbocycles. The summed E-state index contributed by atoms with van der Waals surface area (Å²) in [5.41, 5.74) is 4.33. The highest BCUT2D eigenvalue weighted by atomic mass is 14.9. The van der Waals surface area contributed by atoms with Crippen molar-refractivity contribution < 1.29 is 0 Å². The normalized spacial score (nSPS) is 19.6. The second kappa shape index (κ2) is 11.3. The molecule has 1 saturated carbocycles. The van der Waals surface area contributed by atoms with Gasteiger partial charge in [0.2, 0.25) is 0 Å². The van der Waals surface area contributed by atoms with Crippen LogP contribution in [0.1, 0.15) is 112 Å². The van der Waals surface area contributed by atoms with Crippen molar-refractivity contribution in [1.29, 1.82) is 0 Å². The number of unbranched alkanes of at least 4 members (excludes halogenated alkanes) is 4. The Labute approximate surface area is 172 Å². The first-order valence-corrected chi connectivity index (χ1v) is 11.7. The molecule has 1 heterocycles. The summed E-state index contributed by atoms with van der Waals surface area (Å²) < 4.78 is 0. The Morgan fingerprint density at radius 3 is 1.79 bits per heavy atom. The van der Waals surface area contributed by atoms with Crippen molar-refractivity contribution in [3.63, 3.8) is 0 Å². The van der Waals surface area contributed by atoms with Gasteiger partial charge in [-0.05, 0) is 74.0 Å². The molecule has 2 aromatic rings. The molecule has 2 nitrogen and oxygen atoms in total. The Kier molecular flexibility index (Phi) is 8.51. The Balaban J connectivity index is 1.47. The van der Waals surface area contributed by atoms with Gasteiger partial charge in [-0.1, -0.05) is 63.8 Å². The van der Waals surface area contributed by atoms with Crippen LogP contribution in [-0.4, -0.2) is 9.97 Å². The van der Waals surface area contributed by atoms with E-state index in [0.717, 1.165) is 12.2 Å². The van der Waals surface area contributed by atoms with Crippen LogP contribution in [0, 0.1) is 0 Å². The maximum atomic E-state index is 4.71. The number of aryl methyl sites for hydroxylation is 2. The molecule has 1 aromatic heterocycles. The van der Waals surface area contributed by atoms with Gasteiger partial charge in [-0.3, -0.25) is 0 Å². The van der Waals surface area contributed by atoms with Gasteiger partial charge in [0, 0.05) is 18.3 Å². The minimum atomic E-state index is 0.550. The highest BCUT2D eigenvalue weighted by molar-refractivity contribution is 5.26. The van der Waals surface area contributed by atoms with Gasteiger partial charge >= 0.3 is 0 Å². The summed E-state index contributed by atoms with van der Waals surface area (Å²) in [4.78, 5) is 9.43. The van der Waals surface area contributed by atoms with Gasteiger partial charge in [-0.25, -0.2) is 9.97 Å². The third-order valence-electron chi connectivity index (χ3n) is 6.41. The Hall–Kier alpha value is -1.70. The van der Waals surface area contributed by atoms with Crippen LogP contribution in [0.2, 0.25) is 0 Å². The summed E-state index contributed by atoms with van der Waals surface area (Å²) in [5.74, 6) is 2.34. The topological polar surface area (TPSA) is 25.8 Å². The molecular formula is C26H38N2. The molecule has 0 amide bonds. The van der Waals surface area contributed by atoms with Gasteiger partial charge in [-0.15, -0.1) is 0 Å². The average molecular weight is 379 g/mol. The van der Waals surface area contributed by atoms with Crippen molar-refractivity contribution >= 4 is 0 Å². The average Bonchev–Trinajstić information content (AvgIpc) is 2.75. The molecule has 0 N–H and O–H groups in total. The van der Waals surface area contributed by atoms with E-state index in [-0.39, 0.29) is 0 Å². The fourth-order valence-electron chi connectivity index (χ4n) is 4.50. The largest absolute Gasteiger partial charge is 0.241 e. The number of aromatic nitrogens is 2. The van der Waals surface area contributed by atoms with E-state index in [4.69, 9.17) is 9.97 Å². The maximum absolute atomic E-state index is 4.71. The summed E-state index contributed by atoms with van der Waals surface area (Å²) in [6.45, 7) is 4.52. The molecule has 0 atom stereocenters. The predicted octanol–water partition coefficient (Wildman–Crippen LogP) is 7.38. The molecule has 1 fully saturated rings. The van der Waals surface area contributed by atoms with Gasteiger partial charge in [0.05, 0.1) is 0 Å². The van der Waals surface area contributed by atoms with Gasteiger partial charge in [0.1, 0.15) is 5.82 Å². The number of benzene rings is 1. The van der Waals surface area contributed by atoms with Crippen LogP contribution >= 0.6 is 0 Å². The van der Waals surface area contributed by atoms with Gasteiger partial charge in [0.25, 0.3) is 0 Å². The molecule has 0 radical (unpaired) electrons. The third kappa shape index (κ3) is 6.15. The number of nitrogens with zero attached hydrogens (tertiary/aromatic N) is 2. The summed E-state index contributed by atoms with van der Waals surface area (Å²) in [5, 5.41) is 0. The van der Waals surface area contributed by atoms with E-state index in [9.17, 15) is 0 Å². The zero-order valence-corrected chi connectivity index (χ0v) is 18.0. The lowest BCUT2D eigenvalue weighted by Gasteiger charge is -2.28. The highest BCUT2D eigenvalue weighted by Crippen LogP contribution is 2.39. The van der Waals surface area contributed by atoms with E-state index < -0.39 is 0 Å². The van der Waals surface area contributed by atoms with Crippen molar-refractivity contribution in [2.24, 2.45) is 0 Å². The lowest BCUT2D eigenvalue weighted by Crippen LogP contribution is -2.14. The SMILES string of the molecule is CCCCCc1ccc(C2CCC(c3ncc(CCCCC)cn3)CC2)cc1. The van der Waals surface area contributed by atoms with E-state index in [1.54, 1.807) is 0 Å². The molecule has 0 saturated heterocycles. The zero-order chi connectivity index (χ0) is 19.6. The Bertz CT molecular complexity index is 605. The molecule has 1 aliphatic carbocycles. The Morgan fingerprint density at radius 1 is 0.679 bits per heavy atom. The summed E-state index contributed by atoms with van der Waals surface area (Å²) in [6.07, 6.45) is 19.2. The maximum Gasteiger partial charge on any atom is 0.131 e. The van der Waals surface area contributed by atoms with Gasteiger partial charge in [-0.2, -0.15) is 0 Å². The second-order valence-corrected chi connectivity index (χ2v) is 8.65. The molecule has 1 aliphatic rings. The van der Waals surface area contributed by atoms with Gasteiger partial charge in [0.15, 0.2) is 0 Å². The highest BCUT2D eigenvalue weighted by Gasteiger charge is 2.25. The molecular weight excluding hydrogens is 340 g/mol. The summed E-state index contributed by atoms with van der Waals surface area (Å²) >= 11 is 0. The van der Waals surface area contributed by atoms with E-state index in [2.05, 4.69) is 50.5 Å². The van der Waals surface area contributed by atoms with Crippen molar-refractivity contribution in [2.75, 3.05) is 0 Å². The number of hydrogen-bond acceptors (Lipinski definition) is 2. The lowest BCUT2D eigenvalue weighted by molar-refractivity contribution is 0.385. The number of rotatable bonds is 10. The first kappa shape index (κ1) is 21.0. The first-order valence-electron chi connectivity index (χ1n) is 11.7. The van der Waals surface area contributed by atoms with Crippen molar-refractivity contribution in [1.82, 2.24) is 9.97 Å². The van der Waals surface area contributed by atoms with Crippen LogP contribution in [0.15, 0.2) is 36.7 Å². The summed E-state index contributed by atoms with van der Waals surface area (Å²) in [7, 11) is 0. The smallest absolute Gasteiger partial charge is 0.131 e. The van der Waals surface area contributed by atoms with Crippen molar-refractivity contribution in [3.8, 4) is 0 Å². The minimum Gasteiger partial charge on any atom is -0.241 e. The van der Waals surface area contributed by atoms with Crippen LogP contribution < -0.4 is 0 Å². The van der Waals surface area contributed by atoms with Crippen LogP contribution in [0.5, 0.6) is 0 Å². The fourth-order valence-corrected chi connectivity index (χ4v) is 4.50. The van der Waals surface area contributed by atoms with Crippen LogP contribution in [0.25, 0.3) is 0 Å². The van der Waals surface area contributed by atoms with Crippen molar-refractivity contribution in [3.05, 3.63) is 59.2 Å². The molecule has 0 aliphatic heterocycles. The monoisotopic (exact) mass is 378 g/mol. The van der Waals surface area contributed by atoms with E-state index in [1.165, 1.54) is 87.3 Å². The molecule has 0 spiro atoms. The molecule has 0 bridgehead atoms. The molecule has 28 heavy (non-hydrogen) atoms. The Morgan fingerprint density at radius 2 is 1.21 bits per heavy atom. The van der Waals surface area contributed by atoms with Crippen molar-refractivity contribution in [2.45, 2.75) is 103 Å². The van der Waals surface area contributed by atoms with Crippen LogP contribution in [0.3, 0.4) is 0 Å². The minimum absolute atomic E-state index is 0.550.